The van der Waals surface area contributed by atoms with Crippen molar-refractivity contribution in [3.8, 4) is 0 Å². The van der Waals surface area contributed by atoms with Crippen LogP contribution in [0.1, 0.15) is 38.5 Å². The minimum atomic E-state index is 0.819. The fourth-order valence-corrected chi connectivity index (χ4v) is 4.18. The number of hydrogen-bond donors (Lipinski definition) is 1. The second-order valence-corrected chi connectivity index (χ2v) is 5.96. The van der Waals surface area contributed by atoms with Crippen molar-refractivity contribution in [2.45, 2.75) is 44.6 Å². The molecule has 3 aliphatic rings. The van der Waals surface area contributed by atoms with Gasteiger partial charge in [0, 0.05) is 6.04 Å². The first-order valence-electron chi connectivity index (χ1n) is 6.81. The lowest BCUT2D eigenvalue weighted by molar-refractivity contribution is 0.0983. The zero-order valence-electron chi connectivity index (χ0n) is 9.70. The largest absolute Gasteiger partial charge is 0.330 e. The summed E-state index contributed by atoms with van der Waals surface area (Å²) in [6, 6.07) is 0.961. The van der Waals surface area contributed by atoms with E-state index in [9.17, 15) is 0 Å². The summed E-state index contributed by atoms with van der Waals surface area (Å²) in [5, 5.41) is 0. The van der Waals surface area contributed by atoms with Crippen LogP contribution in [0.4, 0.5) is 0 Å². The van der Waals surface area contributed by atoms with Gasteiger partial charge in [0.15, 0.2) is 0 Å². The summed E-state index contributed by atoms with van der Waals surface area (Å²) in [4.78, 5) is 2.79. The highest BCUT2D eigenvalue weighted by atomic mass is 15.2. The van der Waals surface area contributed by atoms with Crippen molar-refractivity contribution >= 4 is 0 Å². The van der Waals surface area contributed by atoms with Gasteiger partial charge in [0.1, 0.15) is 0 Å². The average Bonchev–Trinajstić information content (AvgIpc) is 2.91. The highest BCUT2D eigenvalue weighted by molar-refractivity contribution is 4.96. The van der Waals surface area contributed by atoms with Crippen LogP contribution >= 0.6 is 0 Å². The number of rotatable bonds is 2. The Morgan fingerprint density at radius 2 is 1.80 bits per heavy atom. The minimum Gasteiger partial charge on any atom is -0.330 e. The molecule has 1 saturated heterocycles. The molecule has 2 bridgehead atoms. The fourth-order valence-electron chi connectivity index (χ4n) is 4.18. The molecule has 3 atom stereocenters. The Labute approximate surface area is 93.2 Å². The molecule has 2 saturated carbocycles. The maximum atomic E-state index is 5.74. The van der Waals surface area contributed by atoms with Gasteiger partial charge in [0.2, 0.25) is 0 Å². The predicted molar refractivity (Wildman–Crippen MR) is 62.6 cm³/mol. The van der Waals surface area contributed by atoms with Gasteiger partial charge in [-0.25, -0.2) is 0 Å². The first-order valence-corrected chi connectivity index (χ1v) is 6.81. The molecule has 3 rings (SSSR count). The molecule has 0 aromatic carbocycles. The SMILES string of the molecule is NCC1CCN(C2CC3CCC2C3)CC1. The van der Waals surface area contributed by atoms with Gasteiger partial charge in [0.05, 0.1) is 0 Å². The third-order valence-corrected chi connectivity index (χ3v) is 5.15. The summed E-state index contributed by atoms with van der Waals surface area (Å²) in [7, 11) is 0. The van der Waals surface area contributed by atoms with Gasteiger partial charge >= 0.3 is 0 Å². The van der Waals surface area contributed by atoms with Crippen LogP contribution in [0.2, 0.25) is 0 Å². The summed E-state index contributed by atoms with van der Waals surface area (Å²) in [5.41, 5.74) is 5.74. The monoisotopic (exact) mass is 208 g/mol. The van der Waals surface area contributed by atoms with Gasteiger partial charge in [-0.15, -0.1) is 0 Å². The lowest BCUT2D eigenvalue weighted by atomic mass is 9.90. The van der Waals surface area contributed by atoms with E-state index in [0.717, 1.165) is 30.3 Å². The Hall–Kier alpha value is -0.0800. The first-order chi connectivity index (χ1) is 7.36. The molecule has 2 nitrogen and oxygen atoms in total. The van der Waals surface area contributed by atoms with Gasteiger partial charge in [-0.2, -0.15) is 0 Å². The molecule has 86 valence electrons. The zero-order valence-corrected chi connectivity index (χ0v) is 9.70. The summed E-state index contributed by atoms with van der Waals surface area (Å²) < 4.78 is 0. The van der Waals surface area contributed by atoms with E-state index in [1.165, 1.54) is 45.2 Å². The Bertz CT molecular complexity index is 221. The smallest absolute Gasteiger partial charge is 0.0126 e. The number of nitrogens with zero attached hydrogens (tertiary/aromatic N) is 1. The van der Waals surface area contributed by atoms with Crippen molar-refractivity contribution in [1.29, 1.82) is 0 Å². The van der Waals surface area contributed by atoms with E-state index in [-0.39, 0.29) is 0 Å². The van der Waals surface area contributed by atoms with Crippen LogP contribution in [-0.2, 0) is 0 Å². The van der Waals surface area contributed by atoms with Crippen LogP contribution in [0.25, 0.3) is 0 Å². The highest BCUT2D eigenvalue weighted by Gasteiger charge is 2.42. The molecular formula is C13H24N2. The van der Waals surface area contributed by atoms with Crippen LogP contribution in [0.5, 0.6) is 0 Å². The van der Waals surface area contributed by atoms with Crippen LogP contribution in [0.3, 0.4) is 0 Å². The van der Waals surface area contributed by atoms with E-state index in [1.54, 1.807) is 6.42 Å². The summed E-state index contributed by atoms with van der Waals surface area (Å²) in [5.74, 6) is 2.97. The second kappa shape index (κ2) is 4.06. The van der Waals surface area contributed by atoms with E-state index >= 15 is 0 Å². The topological polar surface area (TPSA) is 29.3 Å². The number of hydrogen-bond acceptors (Lipinski definition) is 2. The normalized spacial score (nSPS) is 42.6. The molecule has 0 aromatic heterocycles. The molecular weight excluding hydrogens is 184 g/mol. The summed E-state index contributed by atoms with van der Waals surface area (Å²) in [6.07, 6.45) is 8.81. The number of nitrogens with two attached hydrogens (primary N) is 1. The van der Waals surface area contributed by atoms with E-state index in [0.29, 0.717) is 0 Å². The molecule has 2 aliphatic carbocycles. The highest BCUT2D eigenvalue weighted by Crippen LogP contribution is 2.47. The summed E-state index contributed by atoms with van der Waals surface area (Å²) in [6.45, 7) is 3.57. The third kappa shape index (κ3) is 1.83. The van der Waals surface area contributed by atoms with E-state index in [1.807, 2.05) is 0 Å². The minimum absolute atomic E-state index is 0.819. The molecule has 0 aromatic rings. The van der Waals surface area contributed by atoms with E-state index < -0.39 is 0 Å². The van der Waals surface area contributed by atoms with Crippen molar-refractivity contribution in [3.63, 3.8) is 0 Å². The Kier molecular flexibility index (Phi) is 2.73. The Morgan fingerprint density at radius 1 is 1.00 bits per heavy atom. The van der Waals surface area contributed by atoms with Gasteiger partial charge in [0.25, 0.3) is 0 Å². The van der Waals surface area contributed by atoms with Crippen LogP contribution in [-0.4, -0.2) is 30.6 Å². The van der Waals surface area contributed by atoms with Crippen molar-refractivity contribution in [2.24, 2.45) is 23.5 Å². The van der Waals surface area contributed by atoms with Crippen molar-refractivity contribution < 1.29 is 0 Å². The number of fused-ring (bicyclic) bond motifs is 2. The average molecular weight is 208 g/mol. The van der Waals surface area contributed by atoms with Crippen molar-refractivity contribution in [2.75, 3.05) is 19.6 Å². The van der Waals surface area contributed by atoms with Crippen LogP contribution in [0.15, 0.2) is 0 Å². The van der Waals surface area contributed by atoms with Gasteiger partial charge in [-0.1, -0.05) is 6.42 Å². The van der Waals surface area contributed by atoms with Crippen LogP contribution < -0.4 is 5.73 Å². The molecule has 15 heavy (non-hydrogen) atoms. The van der Waals surface area contributed by atoms with Crippen molar-refractivity contribution in [1.82, 2.24) is 4.90 Å². The zero-order chi connectivity index (χ0) is 10.3. The Balaban J connectivity index is 1.56. The quantitative estimate of drug-likeness (QED) is 0.750. The maximum Gasteiger partial charge on any atom is 0.0126 e. The first kappa shape index (κ1) is 10.1. The van der Waals surface area contributed by atoms with Crippen LogP contribution in [0, 0.1) is 17.8 Å². The molecule has 2 N–H and O–H groups in total. The number of likely N-dealkylation sites (tertiary alicyclic amines) is 1. The maximum absolute atomic E-state index is 5.74. The lowest BCUT2D eigenvalue weighted by Gasteiger charge is -2.39. The van der Waals surface area contributed by atoms with Gasteiger partial charge in [-0.3, -0.25) is 0 Å². The molecule has 0 spiro atoms. The lowest BCUT2D eigenvalue weighted by Crippen LogP contribution is -2.44. The molecule has 0 radical (unpaired) electrons. The van der Waals surface area contributed by atoms with Gasteiger partial charge < -0.3 is 10.6 Å². The standard InChI is InChI=1S/C13H24N2/c14-9-10-3-5-15(6-4-10)13-8-11-1-2-12(13)7-11/h10-13H,1-9,14H2. The molecule has 1 heterocycles. The molecule has 1 aliphatic heterocycles. The third-order valence-electron chi connectivity index (χ3n) is 5.15. The molecule has 3 unspecified atom stereocenters. The van der Waals surface area contributed by atoms with Gasteiger partial charge in [-0.05, 0) is 69.5 Å². The Morgan fingerprint density at radius 3 is 2.33 bits per heavy atom. The fraction of sp³-hybridized carbons (Fsp3) is 1.00. The summed E-state index contributed by atoms with van der Waals surface area (Å²) >= 11 is 0. The molecule has 0 amide bonds. The molecule has 2 heteroatoms. The predicted octanol–water partition coefficient (Wildman–Crippen LogP) is 1.85. The van der Waals surface area contributed by atoms with Crippen molar-refractivity contribution in [3.05, 3.63) is 0 Å². The van der Waals surface area contributed by atoms with E-state index in [4.69, 9.17) is 5.73 Å². The second-order valence-electron chi connectivity index (χ2n) is 5.96. The molecule has 3 fully saturated rings. The number of piperidine rings is 1. The van der Waals surface area contributed by atoms with E-state index in [2.05, 4.69) is 4.90 Å².